The van der Waals surface area contributed by atoms with Gasteiger partial charge >= 0.3 is 12.3 Å². The van der Waals surface area contributed by atoms with Crippen molar-refractivity contribution in [2.45, 2.75) is 45.1 Å². The lowest BCUT2D eigenvalue weighted by Crippen LogP contribution is -2.54. The fourth-order valence-corrected chi connectivity index (χ4v) is 4.19. The molecule has 1 saturated heterocycles. The minimum absolute atomic E-state index is 0.00206. The number of aryl methyl sites for hydroxylation is 1. The highest BCUT2D eigenvalue weighted by Crippen LogP contribution is 2.33. The fraction of sp³-hybridized carbons (Fsp3) is 0.400. The van der Waals surface area contributed by atoms with Gasteiger partial charge in [-0.25, -0.2) is 14.2 Å². The van der Waals surface area contributed by atoms with E-state index in [0.717, 1.165) is 23.2 Å². The molecule has 11 heteroatoms. The van der Waals surface area contributed by atoms with E-state index >= 15 is 0 Å². The zero-order valence-corrected chi connectivity index (χ0v) is 20.3. The monoisotopic (exact) mass is 506 g/mol. The van der Waals surface area contributed by atoms with Crippen molar-refractivity contribution in [3.05, 3.63) is 65.2 Å². The van der Waals surface area contributed by atoms with E-state index < -0.39 is 41.2 Å². The Morgan fingerprint density at radius 1 is 1.14 bits per heavy atom. The first-order valence-corrected chi connectivity index (χ1v) is 11.3. The Balaban J connectivity index is 1.68. The molecular formula is C25H26F4N4O3. The summed E-state index contributed by atoms with van der Waals surface area (Å²) < 4.78 is 60.8. The van der Waals surface area contributed by atoms with Crippen molar-refractivity contribution in [1.29, 1.82) is 0 Å². The van der Waals surface area contributed by atoms with Crippen molar-refractivity contribution in [2.75, 3.05) is 13.1 Å². The van der Waals surface area contributed by atoms with E-state index in [9.17, 15) is 27.2 Å². The summed E-state index contributed by atoms with van der Waals surface area (Å²) in [6.07, 6.45) is -3.76. The molecule has 0 radical (unpaired) electrons. The van der Waals surface area contributed by atoms with Crippen LogP contribution < -0.4 is 0 Å². The Morgan fingerprint density at radius 3 is 2.53 bits per heavy atom. The maximum Gasteiger partial charge on any atom is 0.416 e. The SMILES string of the molecule is Cn1cnc2ccc([C@H]3CN(Cc4cc(F)cc(C(F)(F)F)c4)C(=O)CN3C(=O)OC(C)(C)C)cc21. The molecule has 1 atom stereocenters. The summed E-state index contributed by atoms with van der Waals surface area (Å²) in [6.45, 7) is 4.53. The van der Waals surface area contributed by atoms with Gasteiger partial charge in [0.05, 0.1) is 29.0 Å². The number of imidazole rings is 1. The Bertz CT molecular complexity index is 1310. The van der Waals surface area contributed by atoms with Gasteiger partial charge in [-0.1, -0.05) is 6.07 Å². The summed E-state index contributed by atoms with van der Waals surface area (Å²) in [5, 5.41) is 0. The third-order valence-electron chi connectivity index (χ3n) is 5.85. The second-order valence-electron chi connectivity index (χ2n) is 9.85. The van der Waals surface area contributed by atoms with E-state index in [1.54, 1.807) is 39.2 Å². The van der Waals surface area contributed by atoms with E-state index in [1.807, 2.05) is 17.7 Å². The third-order valence-corrected chi connectivity index (χ3v) is 5.85. The minimum atomic E-state index is -4.72. The fourth-order valence-electron chi connectivity index (χ4n) is 4.19. The number of piperazine rings is 1. The molecule has 2 amide bonds. The summed E-state index contributed by atoms with van der Waals surface area (Å²) in [6, 6.07) is 7.00. The summed E-state index contributed by atoms with van der Waals surface area (Å²) in [7, 11) is 1.82. The molecule has 0 N–H and O–H groups in total. The van der Waals surface area contributed by atoms with Crippen molar-refractivity contribution in [2.24, 2.45) is 7.05 Å². The number of carbonyl (C=O) groups excluding carboxylic acids is 2. The normalized spacial score (nSPS) is 17.1. The third kappa shape index (κ3) is 5.44. The second kappa shape index (κ2) is 9.11. The maximum absolute atomic E-state index is 14.0. The van der Waals surface area contributed by atoms with Crippen LogP contribution in [0.25, 0.3) is 11.0 Å². The van der Waals surface area contributed by atoms with Crippen LogP contribution in [0.2, 0.25) is 0 Å². The summed E-state index contributed by atoms with van der Waals surface area (Å²) >= 11 is 0. The number of ether oxygens (including phenoxy) is 1. The van der Waals surface area contributed by atoms with Crippen molar-refractivity contribution in [3.63, 3.8) is 0 Å². The molecule has 2 heterocycles. The van der Waals surface area contributed by atoms with Gasteiger partial charge in [0, 0.05) is 20.1 Å². The highest BCUT2D eigenvalue weighted by atomic mass is 19.4. The van der Waals surface area contributed by atoms with Gasteiger partial charge < -0.3 is 14.2 Å². The molecule has 0 saturated carbocycles. The van der Waals surface area contributed by atoms with Crippen molar-refractivity contribution in [3.8, 4) is 0 Å². The molecule has 1 fully saturated rings. The Morgan fingerprint density at radius 2 is 1.86 bits per heavy atom. The highest BCUT2D eigenvalue weighted by molar-refractivity contribution is 5.84. The number of hydrogen-bond acceptors (Lipinski definition) is 4. The minimum Gasteiger partial charge on any atom is -0.444 e. The number of carbonyl (C=O) groups is 2. The van der Waals surface area contributed by atoms with Gasteiger partial charge in [0.2, 0.25) is 5.91 Å². The van der Waals surface area contributed by atoms with Gasteiger partial charge in [0.15, 0.2) is 0 Å². The number of alkyl halides is 3. The predicted octanol–water partition coefficient (Wildman–Crippen LogP) is 5.05. The van der Waals surface area contributed by atoms with Crippen molar-refractivity contribution < 1.29 is 31.9 Å². The lowest BCUT2D eigenvalue weighted by molar-refractivity contribution is -0.139. The molecule has 3 aromatic rings. The van der Waals surface area contributed by atoms with Crippen molar-refractivity contribution >= 4 is 23.0 Å². The molecule has 1 aliphatic heterocycles. The maximum atomic E-state index is 14.0. The molecule has 2 aromatic carbocycles. The summed E-state index contributed by atoms with van der Waals surface area (Å²) in [4.78, 5) is 33.0. The van der Waals surface area contributed by atoms with Crippen LogP contribution in [0.5, 0.6) is 0 Å². The zero-order chi connectivity index (χ0) is 26.4. The highest BCUT2D eigenvalue weighted by Gasteiger charge is 2.39. The molecule has 4 rings (SSSR count). The topological polar surface area (TPSA) is 67.7 Å². The molecule has 1 aromatic heterocycles. The van der Waals surface area contributed by atoms with Gasteiger partial charge in [0.1, 0.15) is 18.0 Å². The molecule has 1 aliphatic rings. The van der Waals surface area contributed by atoms with Crippen molar-refractivity contribution in [1.82, 2.24) is 19.4 Å². The lowest BCUT2D eigenvalue weighted by Gasteiger charge is -2.41. The molecule has 0 aliphatic carbocycles. The van der Waals surface area contributed by atoms with Crippen LogP contribution in [-0.2, 0) is 29.3 Å². The summed E-state index contributed by atoms with van der Waals surface area (Å²) in [5.74, 6) is -1.53. The average Bonchev–Trinajstić information content (AvgIpc) is 3.13. The first kappa shape index (κ1) is 25.5. The van der Waals surface area contributed by atoms with E-state index in [0.29, 0.717) is 11.6 Å². The largest absolute Gasteiger partial charge is 0.444 e. The molecule has 0 spiro atoms. The van der Waals surface area contributed by atoms with Gasteiger partial charge in [-0.2, -0.15) is 13.2 Å². The number of halogens is 4. The number of benzene rings is 2. The van der Waals surface area contributed by atoms with Gasteiger partial charge in [0.25, 0.3) is 0 Å². The average molecular weight is 507 g/mol. The summed E-state index contributed by atoms with van der Waals surface area (Å²) in [5.41, 5.74) is 0.319. The van der Waals surface area contributed by atoms with Crippen LogP contribution in [0.1, 0.15) is 43.5 Å². The molecule has 36 heavy (non-hydrogen) atoms. The van der Waals surface area contributed by atoms with Gasteiger partial charge in [-0.05, 0) is 62.2 Å². The molecule has 7 nitrogen and oxygen atoms in total. The Kier molecular flexibility index (Phi) is 6.44. The predicted molar refractivity (Wildman–Crippen MR) is 123 cm³/mol. The quantitative estimate of drug-likeness (QED) is 0.467. The van der Waals surface area contributed by atoms with E-state index in [2.05, 4.69) is 4.98 Å². The molecule has 0 bridgehead atoms. The lowest BCUT2D eigenvalue weighted by atomic mass is 10.0. The Hall–Kier alpha value is -3.63. The number of hydrogen-bond donors (Lipinski definition) is 0. The Labute approximate surface area is 205 Å². The number of amides is 2. The number of rotatable bonds is 3. The number of fused-ring (bicyclic) bond motifs is 1. The smallest absolute Gasteiger partial charge is 0.416 e. The van der Waals surface area contributed by atoms with E-state index in [4.69, 9.17) is 4.74 Å². The van der Waals surface area contributed by atoms with Crippen LogP contribution in [0.4, 0.5) is 22.4 Å². The standard InChI is InChI=1S/C25H26F4N4O3/c1-24(2,3)36-23(35)33-13-22(34)32(11-15-7-17(25(27,28)29)10-18(26)8-15)12-21(33)16-5-6-19-20(9-16)31(4)14-30-19/h5-10,14,21H,11-13H2,1-4H3/t21-/m1/s1. The number of nitrogens with zero attached hydrogens (tertiary/aromatic N) is 4. The van der Waals surface area contributed by atoms with Crippen LogP contribution in [0.3, 0.4) is 0 Å². The zero-order valence-electron chi connectivity index (χ0n) is 20.3. The van der Waals surface area contributed by atoms with Crippen LogP contribution >= 0.6 is 0 Å². The molecular weight excluding hydrogens is 480 g/mol. The van der Waals surface area contributed by atoms with Crippen LogP contribution in [0, 0.1) is 5.82 Å². The number of aromatic nitrogens is 2. The van der Waals surface area contributed by atoms with Crippen LogP contribution in [-0.4, -0.2) is 50.0 Å². The van der Waals surface area contributed by atoms with Crippen LogP contribution in [0.15, 0.2) is 42.7 Å². The van der Waals surface area contributed by atoms with E-state index in [-0.39, 0.29) is 25.2 Å². The molecule has 192 valence electrons. The van der Waals surface area contributed by atoms with E-state index in [1.165, 1.54) is 9.80 Å². The second-order valence-corrected chi connectivity index (χ2v) is 9.85. The molecule has 0 unspecified atom stereocenters. The van der Waals surface area contributed by atoms with Gasteiger partial charge in [-0.3, -0.25) is 9.69 Å². The first-order chi connectivity index (χ1) is 16.7. The van der Waals surface area contributed by atoms with Gasteiger partial charge in [-0.15, -0.1) is 0 Å². The first-order valence-electron chi connectivity index (χ1n) is 11.3.